The molecule has 11 heavy (non-hydrogen) atoms. The summed E-state index contributed by atoms with van der Waals surface area (Å²) in [5.41, 5.74) is 5.58. The number of halogens is 1. The van der Waals surface area contributed by atoms with Crippen LogP contribution in [0.2, 0.25) is 5.02 Å². The first-order valence-electron chi connectivity index (χ1n) is 3.27. The first kappa shape index (κ1) is 9.00. The number of aliphatic hydroxyl groups excluding tert-OH is 1. The van der Waals surface area contributed by atoms with Gasteiger partial charge in [0.2, 0.25) is 0 Å². The van der Waals surface area contributed by atoms with Crippen molar-refractivity contribution >= 4 is 22.9 Å². The lowest BCUT2D eigenvalue weighted by atomic mass is 10.3. The number of hydrogen-bond donors (Lipinski definition) is 2. The Kier molecular flexibility index (Phi) is 2.90. The molecule has 0 aliphatic carbocycles. The average Bonchev–Trinajstić information content (AvgIpc) is 2.28. The Labute approximate surface area is 74.6 Å². The molecule has 0 spiro atoms. The zero-order valence-corrected chi connectivity index (χ0v) is 7.75. The lowest BCUT2D eigenvalue weighted by Gasteiger charge is -2.04. The van der Waals surface area contributed by atoms with Crippen molar-refractivity contribution in [1.82, 2.24) is 0 Å². The van der Waals surface area contributed by atoms with E-state index in [2.05, 4.69) is 0 Å². The molecular formula is C7H10ClNOS. The molecule has 0 amide bonds. The number of rotatable bonds is 2. The van der Waals surface area contributed by atoms with Crippen LogP contribution in [0.3, 0.4) is 0 Å². The van der Waals surface area contributed by atoms with Crippen molar-refractivity contribution in [2.45, 2.75) is 13.0 Å². The summed E-state index contributed by atoms with van der Waals surface area (Å²) in [5, 5.41) is 9.41. The molecule has 4 heteroatoms. The predicted octanol–water partition coefficient (Wildman–Crippen LogP) is 1.70. The van der Waals surface area contributed by atoms with E-state index in [-0.39, 0.29) is 12.6 Å². The van der Waals surface area contributed by atoms with Gasteiger partial charge in [0.05, 0.1) is 17.7 Å². The summed E-state index contributed by atoms with van der Waals surface area (Å²) in [5.74, 6) is 0. The Balaban J connectivity index is 2.93. The van der Waals surface area contributed by atoms with Crippen molar-refractivity contribution in [2.24, 2.45) is 5.73 Å². The van der Waals surface area contributed by atoms with Crippen LogP contribution in [0, 0.1) is 6.92 Å². The third kappa shape index (κ3) is 1.93. The molecule has 1 atom stereocenters. The molecule has 0 aliphatic rings. The van der Waals surface area contributed by atoms with Gasteiger partial charge in [-0.25, -0.2) is 0 Å². The van der Waals surface area contributed by atoms with E-state index in [1.807, 2.05) is 13.0 Å². The highest BCUT2D eigenvalue weighted by atomic mass is 35.5. The molecule has 0 bridgehead atoms. The Bertz CT molecular complexity index is 249. The second kappa shape index (κ2) is 3.54. The van der Waals surface area contributed by atoms with Gasteiger partial charge in [-0.3, -0.25) is 0 Å². The van der Waals surface area contributed by atoms with Crippen LogP contribution in [0.5, 0.6) is 0 Å². The SMILES string of the molecule is Cc1cc(Cl)c(C(N)CO)s1. The van der Waals surface area contributed by atoms with Crippen LogP contribution in [-0.4, -0.2) is 11.7 Å². The van der Waals surface area contributed by atoms with Gasteiger partial charge >= 0.3 is 0 Å². The van der Waals surface area contributed by atoms with Crippen molar-refractivity contribution in [3.8, 4) is 0 Å². The van der Waals surface area contributed by atoms with E-state index in [1.165, 1.54) is 11.3 Å². The topological polar surface area (TPSA) is 46.2 Å². The minimum atomic E-state index is -0.332. The molecule has 1 heterocycles. The fraction of sp³-hybridized carbons (Fsp3) is 0.429. The predicted molar refractivity (Wildman–Crippen MR) is 48.1 cm³/mol. The van der Waals surface area contributed by atoms with Crippen LogP contribution >= 0.6 is 22.9 Å². The third-order valence-corrected chi connectivity index (χ3v) is 2.98. The van der Waals surface area contributed by atoms with Gasteiger partial charge < -0.3 is 10.8 Å². The van der Waals surface area contributed by atoms with Crippen LogP contribution in [0.25, 0.3) is 0 Å². The number of thiophene rings is 1. The Morgan fingerprint density at radius 2 is 2.45 bits per heavy atom. The lowest BCUT2D eigenvalue weighted by Crippen LogP contribution is -2.12. The van der Waals surface area contributed by atoms with Crippen LogP contribution in [0.4, 0.5) is 0 Å². The lowest BCUT2D eigenvalue weighted by molar-refractivity contribution is 0.269. The molecule has 0 aromatic carbocycles. The third-order valence-electron chi connectivity index (χ3n) is 1.37. The van der Waals surface area contributed by atoms with Gasteiger partial charge in [0, 0.05) is 9.75 Å². The van der Waals surface area contributed by atoms with Gasteiger partial charge in [-0.1, -0.05) is 11.6 Å². The van der Waals surface area contributed by atoms with Gasteiger partial charge in [-0.15, -0.1) is 11.3 Å². The molecule has 1 aromatic heterocycles. The van der Waals surface area contributed by atoms with Crippen molar-refractivity contribution in [1.29, 1.82) is 0 Å². The highest BCUT2D eigenvalue weighted by molar-refractivity contribution is 7.12. The normalized spacial score (nSPS) is 13.5. The summed E-state index contributed by atoms with van der Waals surface area (Å²) in [4.78, 5) is 1.99. The monoisotopic (exact) mass is 191 g/mol. The maximum absolute atomic E-state index is 8.74. The van der Waals surface area contributed by atoms with E-state index in [0.29, 0.717) is 5.02 Å². The maximum Gasteiger partial charge on any atom is 0.0639 e. The van der Waals surface area contributed by atoms with Gasteiger partial charge in [-0.05, 0) is 13.0 Å². The number of hydrogen-bond acceptors (Lipinski definition) is 3. The van der Waals surface area contributed by atoms with E-state index >= 15 is 0 Å². The summed E-state index contributed by atoms with van der Waals surface area (Å²) < 4.78 is 0. The first-order valence-corrected chi connectivity index (χ1v) is 4.47. The minimum absolute atomic E-state index is 0.0559. The highest BCUT2D eigenvalue weighted by Crippen LogP contribution is 2.30. The smallest absolute Gasteiger partial charge is 0.0639 e. The minimum Gasteiger partial charge on any atom is -0.394 e. The molecule has 0 aliphatic heterocycles. The van der Waals surface area contributed by atoms with E-state index in [0.717, 1.165) is 9.75 Å². The standard InChI is InChI=1S/C7H10ClNOS/c1-4-2-5(8)7(11-4)6(9)3-10/h2,6,10H,3,9H2,1H3. The molecule has 1 unspecified atom stereocenters. The fourth-order valence-electron chi connectivity index (χ4n) is 0.837. The molecule has 62 valence electrons. The summed E-state index contributed by atoms with van der Waals surface area (Å²) in [6.07, 6.45) is 0. The van der Waals surface area contributed by atoms with Crippen LogP contribution < -0.4 is 5.73 Å². The largest absolute Gasteiger partial charge is 0.394 e. The van der Waals surface area contributed by atoms with Crippen LogP contribution in [0.15, 0.2) is 6.07 Å². The van der Waals surface area contributed by atoms with Crippen molar-refractivity contribution in [3.05, 3.63) is 20.8 Å². The second-order valence-corrected chi connectivity index (χ2v) is 4.05. The molecule has 0 fully saturated rings. The van der Waals surface area contributed by atoms with Crippen molar-refractivity contribution < 1.29 is 5.11 Å². The highest BCUT2D eigenvalue weighted by Gasteiger charge is 2.11. The number of aliphatic hydroxyl groups is 1. The molecule has 1 aromatic rings. The van der Waals surface area contributed by atoms with E-state index in [9.17, 15) is 0 Å². The Morgan fingerprint density at radius 3 is 2.82 bits per heavy atom. The van der Waals surface area contributed by atoms with Gasteiger partial charge in [0.25, 0.3) is 0 Å². The van der Waals surface area contributed by atoms with E-state index in [1.54, 1.807) is 0 Å². The molecule has 1 rings (SSSR count). The van der Waals surface area contributed by atoms with Gasteiger partial charge in [0.15, 0.2) is 0 Å². The molecule has 2 nitrogen and oxygen atoms in total. The van der Waals surface area contributed by atoms with Crippen LogP contribution in [0.1, 0.15) is 15.8 Å². The van der Waals surface area contributed by atoms with Gasteiger partial charge in [-0.2, -0.15) is 0 Å². The van der Waals surface area contributed by atoms with Gasteiger partial charge in [0.1, 0.15) is 0 Å². The molecule has 0 radical (unpaired) electrons. The van der Waals surface area contributed by atoms with Crippen LogP contribution in [-0.2, 0) is 0 Å². The summed E-state index contributed by atoms with van der Waals surface area (Å²) in [6, 6.07) is 1.53. The Morgan fingerprint density at radius 1 is 1.82 bits per heavy atom. The Hall–Kier alpha value is -0.0900. The fourth-order valence-corrected chi connectivity index (χ4v) is 2.23. The molecule has 0 saturated heterocycles. The van der Waals surface area contributed by atoms with Crippen molar-refractivity contribution in [3.63, 3.8) is 0 Å². The van der Waals surface area contributed by atoms with E-state index in [4.69, 9.17) is 22.4 Å². The summed E-state index contributed by atoms with van der Waals surface area (Å²) in [6.45, 7) is 1.91. The summed E-state index contributed by atoms with van der Waals surface area (Å²) >= 11 is 7.37. The first-order chi connectivity index (χ1) is 5.15. The number of aryl methyl sites for hydroxylation is 1. The zero-order valence-electron chi connectivity index (χ0n) is 6.17. The zero-order chi connectivity index (χ0) is 8.43. The van der Waals surface area contributed by atoms with E-state index < -0.39 is 0 Å². The number of nitrogens with two attached hydrogens (primary N) is 1. The average molecular weight is 192 g/mol. The summed E-state index contributed by atoms with van der Waals surface area (Å²) in [7, 11) is 0. The molecule has 0 saturated carbocycles. The quantitative estimate of drug-likeness (QED) is 0.748. The van der Waals surface area contributed by atoms with Crippen molar-refractivity contribution in [2.75, 3.05) is 6.61 Å². The second-order valence-electron chi connectivity index (χ2n) is 2.36. The maximum atomic E-state index is 8.74. The molecule has 3 N–H and O–H groups in total. The molecular weight excluding hydrogens is 182 g/mol.